The molecular weight excluding hydrogens is 304 g/mol. The van der Waals surface area contributed by atoms with Crippen LogP contribution >= 0.6 is 0 Å². The van der Waals surface area contributed by atoms with Crippen molar-refractivity contribution in [3.05, 3.63) is 47.9 Å². The molecule has 2 aliphatic rings. The molecule has 0 bridgehead atoms. The lowest BCUT2D eigenvalue weighted by atomic mass is 9.77. The number of rotatable bonds is 2. The fourth-order valence-electron chi connectivity index (χ4n) is 3.18. The van der Waals surface area contributed by atoms with Crippen LogP contribution in [0.1, 0.15) is 68.2 Å². The lowest BCUT2D eigenvalue weighted by Crippen LogP contribution is -2.33. The SMILES string of the molecule is CC(C)(C)C1=CCC(C(C)(C)C2=NC=CC(C(C)(C)C)=CC2)=NC=C1. The van der Waals surface area contributed by atoms with Crippen LogP contribution in [0.15, 0.2) is 57.8 Å². The third-order valence-electron chi connectivity index (χ3n) is 5.17. The molecule has 2 heteroatoms. The average Bonchev–Trinajstić information content (AvgIpc) is 2.87. The molecule has 2 aliphatic heterocycles. The second-order valence-electron chi connectivity index (χ2n) is 9.64. The maximum atomic E-state index is 4.79. The van der Waals surface area contributed by atoms with Gasteiger partial charge >= 0.3 is 0 Å². The zero-order valence-corrected chi connectivity index (χ0v) is 17.3. The molecular formula is C23H34N2. The zero-order valence-electron chi connectivity index (χ0n) is 17.3. The first kappa shape index (κ1) is 19.6. The van der Waals surface area contributed by atoms with Crippen molar-refractivity contribution in [2.24, 2.45) is 26.2 Å². The van der Waals surface area contributed by atoms with Gasteiger partial charge in [0.05, 0.1) is 0 Å². The minimum absolute atomic E-state index is 0.150. The van der Waals surface area contributed by atoms with Crippen LogP contribution in [0.5, 0.6) is 0 Å². The van der Waals surface area contributed by atoms with E-state index in [1.807, 2.05) is 12.4 Å². The van der Waals surface area contributed by atoms with Crippen LogP contribution in [-0.4, -0.2) is 11.4 Å². The summed E-state index contributed by atoms with van der Waals surface area (Å²) in [5.74, 6) is 0. The van der Waals surface area contributed by atoms with Gasteiger partial charge in [0.15, 0.2) is 0 Å². The summed E-state index contributed by atoms with van der Waals surface area (Å²) in [7, 11) is 0. The van der Waals surface area contributed by atoms with E-state index in [2.05, 4.69) is 79.7 Å². The molecule has 0 aromatic carbocycles. The molecule has 0 N–H and O–H groups in total. The van der Waals surface area contributed by atoms with Crippen molar-refractivity contribution in [2.75, 3.05) is 0 Å². The third kappa shape index (κ3) is 4.68. The van der Waals surface area contributed by atoms with Gasteiger partial charge in [0.25, 0.3) is 0 Å². The van der Waals surface area contributed by atoms with E-state index in [4.69, 9.17) is 9.98 Å². The molecule has 0 spiro atoms. The highest BCUT2D eigenvalue weighted by Crippen LogP contribution is 2.34. The molecule has 0 amide bonds. The second kappa shape index (κ2) is 6.90. The standard InChI is InChI=1S/C23H34N2/c1-21(2,3)17-9-11-19(24-15-13-17)23(7,8)20-12-10-18(14-16-25-20)22(4,5)6/h9-10,13-16H,11-12H2,1-8H3. The quantitative estimate of drug-likeness (QED) is 0.537. The van der Waals surface area contributed by atoms with Crippen LogP contribution in [0.2, 0.25) is 0 Å². The summed E-state index contributed by atoms with van der Waals surface area (Å²) in [6.45, 7) is 18.0. The Morgan fingerprint density at radius 3 is 1.32 bits per heavy atom. The number of nitrogens with zero attached hydrogens (tertiary/aromatic N) is 2. The lowest BCUT2D eigenvalue weighted by molar-refractivity contribution is 0.515. The fraction of sp³-hybridized carbons (Fsp3) is 0.565. The second-order valence-corrected chi connectivity index (χ2v) is 9.64. The van der Waals surface area contributed by atoms with E-state index in [1.54, 1.807) is 0 Å². The molecule has 0 saturated heterocycles. The van der Waals surface area contributed by atoms with Gasteiger partial charge in [0, 0.05) is 42.1 Å². The first-order chi connectivity index (χ1) is 11.4. The fourth-order valence-corrected chi connectivity index (χ4v) is 3.18. The Kier molecular flexibility index (Phi) is 5.41. The molecule has 0 atom stereocenters. The Morgan fingerprint density at radius 2 is 1.00 bits per heavy atom. The van der Waals surface area contributed by atoms with Gasteiger partial charge in [-0.05, 0) is 48.0 Å². The maximum Gasteiger partial charge on any atom is 0.0419 e. The molecule has 25 heavy (non-hydrogen) atoms. The monoisotopic (exact) mass is 338 g/mol. The molecule has 0 unspecified atom stereocenters. The Morgan fingerprint density at radius 1 is 0.640 bits per heavy atom. The molecule has 2 heterocycles. The Bertz CT molecular complexity index is 633. The predicted molar refractivity (Wildman–Crippen MR) is 111 cm³/mol. The highest BCUT2D eigenvalue weighted by atomic mass is 14.8. The molecule has 136 valence electrons. The van der Waals surface area contributed by atoms with Crippen molar-refractivity contribution in [3.8, 4) is 0 Å². The van der Waals surface area contributed by atoms with E-state index < -0.39 is 0 Å². The molecule has 2 rings (SSSR count). The summed E-state index contributed by atoms with van der Waals surface area (Å²) in [6.07, 6.45) is 14.6. The third-order valence-corrected chi connectivity index (χ3v) is 5.17. The van der Waals surface area contributed by atoms with Crippen LogP contribution in [0, 0.1) is 16.2 Å². The van der Waals surface area contributed by atoms with Crippen molar-refractivity contribution < 1.29 is 0 Å². The summed E-state index contributed by atoms with van der Waals surface area (Å²) in [6, 6.07) is 0. The minimum Gasteiger partial charge on any atom is -0.264 e. The van der Waals surface area contributed by atoms with Crippen LogP contribution < -0.4 is 0 Å². The largest absolute Gasteiger partial charge is 0.264 e. The summed E-state index contributed by atoms with van der Waals surface area (Å²) >= 11 is 0. The Labute approximate surface area is 154 Å². The maximum absolute atomic E-state index is 4.79. The van der Waals surface area contributed by atoms with E-state index in [1.165, 1.54) is 22.6 Å². The topological polar surface area (TPSA) is 24.7 Å². The van der Waals surface area contributed by atoms with Gasteiger partial charge < -0.3 is 0 Å². The van der Waals surface area contributed by atoms with Gasteiger partial charge in [-0.2, -0.15) is 0 Å². The van der Waals surface area contributed by atoms with E-state index in [0.717, 1.165) is 12.8 Å². The normalized spacial score (nSPS) is 19.5. The van der Waals surface area contributed by atoms with Crippen molar-refractivity contribution in [3.63, 3.8) is 0 Å². The minimum atomic E-state index is -0.150. The molecule has 0 fully saturated rings. The molecule has 2 nitrogen and oxygen atoms in total. The van der Waals surface area contributed by atoms with Crippen LogP contribution in [0.25, 0.3) is 0 Å². The summed E-state index contributed by atoms with van der Waals surface area (Å²) in [5.41, 5.74) is 5.21. The van der Waals surface area contributed by atoms with Crippen molar-refractivity contribution in [1.29, 1.82) is 0 Å². The highest BCUT2D eigenvalue weighted by molar-refractivity contribution is 6.12. The smallest absolute Gasteiger partial charge is 0.0419 e. The summed E-state index contributed by atoms with van der Waals surface area (Å²) < 4.78 is 0. The van der Waals surface area contributed by atoms with E-state index in [9.17, 15) is 0 Å². The van der Waals surface area contributed by atoms with E-state index >= 15 is 0 Å². The summed E-state index contributed by atoms with van der Waals surface area (Å²) in [5, 5.41) is 0. The van der Waals surface area contributed by atoms with E-state index in [0.29, 0.717) is 0 Å². The first-order valence-electron chi connectivity index (χ1n) is 9.31. The number of hydrogen-bond acceptors (Lipinski definition) is 2. The number of hydrogen-bond donors (Lipinski definition) is 0. The van der Waals surface area contributed by atoms with Gasteiger partial charge in [-0.25, -0.2) is 0 Å². The lowest BCUT2D eigenvalue weighted by Gasteiger charge is -2.28. The van der Waals surface area contributed by atoms with Crippen LogP contribution in [-0.2, 0) is 0 Å². The average molecular weight is 339 g/mol. The van der Waals surface area contributed by atoms with Crippen molar-refractivity contribution >= 4 is 11.4 Å². The van der Waals surface area contributed by atoms with Gasteiger partial charge in [-0.1, -0.05) is 53.7 Å². The number of aliphatic imine (C=N–C) groups is 2. The van der Waals surface area contributed by atoms with Gasteiger partial charge in [0.2, 0.25) is 0 Å². The predicted octanol–water partition coefficient (Wildman–Crippen LogP) is 6.67. The van der Waals surface area contributed by atoms with Gasteiger partial charge in [-0.3, -0.25) is 9.98 Å². The Hall–Kier alpha value is -1.70. The zero-order chi connectivity index (χ0) is 18.9. The molecule has 0 aromatic heterocycles. The van der Waals surface area contributed by atoms with E-state index in [-0.39, 0.29) is 16.2 Å². The summed E-state index contributed by atoms with van der Waals surface area (Å²) in [4.78, 5) is 9.58. The first-order valence-corrected chi connectivity index (χ1v) is 9.31. The molecule has 0 aliphatic carbocycles. The highest BCUT2D eigenvalue weighted by Gasteiger charge is 2.31. The van der Waals surface area contributed by atoms with Crippen molar-refractivity contribution in [2.45, 2.75) is 68.2 Å². The molecule has 0 radical (unpaired) electrons. The van der Waals surface area contributed by atoms with Crippen molar-refractivity contribution in [1.82, 2.24) is 0 Å². The molecule has 0 saturated carbocycles. The van der Waals surface area contributed by atoms with Crippen LogP contribution in [0.3, 0.4) is 0 Å². The number of allylic oxidation sites excluding steroid dienone is 6. The van der Waals surface area contributed by atoms with Gasteiger partial charge in [0.1, 0.15) is 0 Å². The Balaban J connectivity index is 2.26. The van der Waals surface area contributed by atoms with Crippen LogP contribution in [0.4, 0.5) is 0 Å². The molecule has 0 aromatic rings. The van der Waals surface area contributed by atoms with Gasteiger partial charge in [-0.15, -0.1) is 0 Å².